The highest BCUT2D eigenvalue weighted by Crippen LogP contribution is 2.24. The number of aliphatic hydroxyl groups excluding tert-OH is 2. The molecular weight excluding hydrogens is 813 g/mol. The average Bonchev–Trinajstić information content (AvgIpc) is 3.05. The van der Waals surface area contributed by atoms with Crippen molar-refractivity contribution < 1.29 is 50.9 Å². The fraction of sp³-hybridized carbons (Fsp3) is 0.353. The van der Waals surface area contributed by atoms with Crippen molar-refractivity contribution in [2.75, 3.05) is 29.6 Å². The van der Waals surface area contributed by atoms with Gasteiger partial charge in [-0.2, -0.15) is 13.2 Å². The molecule has 2 rings (SSSR count). The van der Waals surface area contributed by atoms with Gasteiger partial charge in [-0.15, -0.1) is 0 Å². The summed E-state index contributed by atoms with van der Waals surface area (Å²) in [6.07, 6.45) is -1.62. The van der Waals surface area contributed by atoms with Crippen LogP contribution in [0.4, 0.5) is 13.2 Å². The summed E-state index contributed by atoms with van der Waals surface area (Å²) in [7, 11) is -5.17. The summed E-state index contributed by atoms with van der Waals surface area (Å²) in [5.74, 6) is -2.10. The van der Waals surface area contributed by atoms with Gasteiger partial charge in [-0.3, -0.25) is 0 Å². The maximum atomic E-state index is 12.0. The Hall–Kier alpha value is -2.82. The summed E-state index contributed by atoms with van der Waals surface area (Å²) in [5, 5.41) is 20.9. The number of aliphatic hydroxyl groups is 2. The van der Waals surface area contributed by atoms with E-state index < -0.39 is 59.9 Å². The summed E-state index contributed by atoms with van der Waals surface area (Å²) in [6.45, 7) is 12.9. The molecule has 0 saturated carbocycles. The van der Waals surface area contributed by atoms with Crippen molar-refractivity contribution in [1.82, 2.24) is 0 Å². The largest absolute Gasteiger partial charge is 0.458 e. The number of halogens is 5. The number of sulfone groups is 1. The van der Waals surface area contributed by atoms with Gasteiger partial charge < -0.3 is 19.7 Å². The molecule has 49 heavy (non-hydrogen) atoms. The molecule has 0 aliphatic rings. The van der Waals surface area contributed by atoms with E-state index >= 15 is 0 Å². The Balaban J connectivity index is 0.000000727. The summed E-state index contributed by atoms with van der Waals surface area (Å²) < 4.78 is 69.4. The molecule has 2 aromatic carbocycles. The lowest BCUT2D eigenvalue weighted by Gasteiger charge is -2.25. The van der Waals surface area contributed by atoms with Crippen LogP contribution in [0.5, 0.6) is 0 Å². The molecule has 0 fully saturated rings. The van der Waals surface area contributed by atoms with Crippen LogP contribution >= 0.6 is 31.9 Å². The first-order valence-corrected chi connectivity index (χ1v) is 21.7. The van der Waals surface area contributed by atoms with Crippen LogP contribution in [0.25, 0.3) is 0 Å². The lowest BCUT2D eigenvalue weighted by atomic mass is 10.1. The predicted octanol–water partition coefficient (Wildman–Crippen LogP) is 6.38. The fourth-order valence-electron chi connectivity index (χ4n) is 3.25. The van der Waals surface area contributed by atoms with E-state index in [4.69, 9.17) is 9.84 Å². The molecule has 0 bridgehead atoms. The van der Waals surface area contributed by atoms with Crippen molar-refractivity contribution in [3.63, 3.8) is 0 Å². The molecule has 2 atom stereocenters. The van der Waals surface area contributed by atoms with Crippen molar-refractivity contribution in [2.45, 2.75) is 49.3 Å². The summed E-state index contributed by atoms with van der Waals surface area (Å²) in [4.78, 5) is 22.9. The minimum atomic E-state index is -4.76. The number of esters is 2. The van der Waals surface area contributed by atoms with E-state index in [0.717, 1.165) is 0 Å². The monoisotopic (exact) mass is 854 g/mol. The van der Waals surface area contributed by atoms with Crippen LogP contribution in [0.2, 0.25) is 13.1 Å². The maximum Gasteiger partial charge on any atom is 0.414 e. The zero-order chi connectivity index (χ0) is 37.7. The van der Waals surface area contributed by atoms with Crippen LogP contribution in [-0.2, 0) is 28.9 Å². The molecule has 0 radical (unpaired) electrons. The Labute approximate surface area is 304 Å². The van der Waals surface area contributed by atoms with E-state index in [9.17, 15) is 36.3 Å². The quantitative estimate of drug-likeness (QED) is 0.0695. The molecule has 0 aromatic heterocycles. The van der Waals surface area contributed by atoms with E-state index in [-0.39, 0.29) is 29.4 Å². The molecular formula is C34H43Br2F3O8SSi. The first-order chi connectivity index (χ1) is 22.8. The third-order valence-corrected chi connectivity index (χ3v) is 12.9. The first kappa shape index (κ1) is 46.2. The number of benzene rings is 2. The second kappa shape index (κ2) is 23.6. The molecule has 2 unspecified atom stereocenters. The summed E-state index contributed by atoms with van der Waals surface area (Å²) in [6, 6.07) is 18.2. The zero-order valence-electron chi connectivity index (χ0n) is 27.5. The van der Waals surface area contributed by atoms with Gasteiger partial charge in [0.15, 0.2) is 15.9 Å². The number of carbonyl (C=O) groups excluding carboxylic acids is 2. The number of allylic oxidation sites excluding steroid dienone is 2. The van der Waals surface area contributed by atoms with Crippen LogP contribution in [0.3, 0.4) is 0 Å². The number of carbonyl (C=O) groups is 2. The molecule has 8 nitrogen and oxygen atoms in total. The Kier molecular flexibility index (Phi) is 22.2. The third-order valence-electron chi connectivity index (χ3n) is 6.56. The number of ether oxygens (including phenoxy) is 2. The van der Waals surface area contributed by atoms with Gasteiger partial charge in [0.2, 0.25) is 0 Å². The van der Waals surface area contributed by atoms with E-state index in [1.165, 1.54) is 23.4 Å². The smallest absolute Gasteiger partial charge is 0.414 e. The van der Waals surface area contributed by atoms with Gasteiger partial charge in [-0.25, -0.2) is 18.0 Å². The minimum Gasteiger partial charge on any atom is -0.458 e. The molecule has 0 saturated heterocycles. The van der Waals surface area contributed by atoms with Crippen LogP contribution in [-0.4, -0.2) is 86.3 Å². The molecule has 2 aromatic rings. The Morgan fingerprint density at radius 1 is 0.837 bits per heavy atom. The summed E-state index contributed by atoms with van der Waals surface area (Å²) >= 11 is 6.28. The summed E-state index contributed by atoms with van der Waals surface area (Å²) in [5.41, 5.74) is -0.678. The van der Waals surface area contributed by atoms with Gasteiger partial charge in [0.05, 0.1) is 10.6 Å². The fourth-order valence-corrected chi connectivity index (χ4v) is 6.63. The number of hydrogen-bond donors (Lipinski definition) is 2. The van der Waals surface area contributed by atoms with Crippen molar-refractivity contribution >= 4 is 66.9 Å². The van der Waals surface area contributed by atoms with Gasteiger partial charge in [-0.05, 0) is 19.1 Å². The molecule has 272 valence electrons. The molecule has 0 spiro atoms. The van der Waals surface area contributed by atoms with E-state index in [2.05, 4.69) is 75.0 Å². The second-order valence-corrected chi connectivity index (χ2v) is 18.9. The lowest BCUT2D eigenvalue weighted by Crippen LogP contribution is -2.51. The van der Waals surface area contributed by atoms with Crippen LogP contribution in [0.15, 0.2) is 114 Å². The standard InChI is InChI=1S/C14H15BrO4S.C10H12BrF3O3.C10H16OSi/c1-12(14(16)19-10-6-5-9-15)11-20(17,18)13-7-3-2-4-8-13;1-7(6-8(15)10(12,13)14)9(16)17-5-3-2-4-11;1-9(11)12(2,3)10-7-5-4-6-8-10/h2-8H,1,9-11H2;2-3,8,15H,1,4-6H2;4-9,11H,1-3H3/b6-5+;3-2+;. The van der Waals surface area contributed by atoms with Gasteiger partial charge >= 0.3 is 18.1 Å². The van der Waals surface area contributed by atoms with Crippen LogP contribution in [0.1, 0.15) is 13.3 Å². The molecule has 0 aliphatic heterocycles. The Morgan fingerprint density at radius 2 is 1.27 bits per heavy atom. The van der Waals surface area contributed by atoms with Crippen molar-refractivity contribution in [2.24, 2.45) is 0 Å². The Morgan fingerprint density at radius 3 is 1.67 bits per heavy atom. The Bertz CT molecular complexity index is 1480. The highest BCUT2D eigenvalue weighted by atomic mass is 79.9. The van der Waals surface area contributed by atoms with Crippen LogP contribution in [0, 0.1) is 0 Å². The van der Waals surface area contributed by atoms with Crippen molar-refractivity contribution in [3.05, 3.63) is 109 Å². The molecule has 2 N–H and O–H groups in total. The molecule has 0 aliphatic carbocycles. The number of alkyl halides is 5. The maximum absolute atomic E-state index is 12.0. The highest BCUT2D eigenvalue weighted by Gasteiger charge is 2.39. The van der Waals surface area contributed by atoms with Gasteiger partial charge in [-0.1, -0.05) is 136 Å². The average molecular weight is 857 g/mol. The zero-order valence-corrected chi connectivity index (χ0v) is 32.5. The normalized spacial score (nSPS) is 12.9. The van der Waals surface area contributed by atoms with Crippen molar-refractivity contribution in [1.29, 1.82) is 0 Å². The molecule has 0 heterocycles. The second-order valence-electron chi connectivity index (χ2n) is 10.8. The predicted molar refractivity (Wildman–Crippen MR) is 196 cm³/mol. The SMILES string of the molecule is C=C(CC(O)C(F)(F)F)C(=O)OC/C=C/CBr.C=C(CS(=O)(=O)c1ccccc1)C(=O)OC/C=C/CBr.CC(O)[Si](C)(C)c1ccccc1. The lowest BCUT2D eigenvalue weighted by molar-refractivity contribution is -0.203. The van der Waals surface area contributed by atoms with Crippen LogP contribution < -0.4 is 5.19 Å². The van der Waals surface area contributed by atoms with E-state index in [0.29, 0.717) is 10.7 Å². The highest BCUT2D eigenvalue weighted by molar-refractivity contribution is 9.09. The van der Waals surface area contributed by atoms with Gasteiger partial charge in [0.1, 0.15) is 21.3 Å². The topological polar surface area (TPSA) is 127 Å². The molecule has 0 amide bonds. The number of rotatable bonds is 15. The minimum absolute atomic E-state index is 0.0500. The van der Waals surface area contributed by atoms with Gasteiger partial charge in [0.25, 0.3) is 0 Å². The molecule has 15 heteroatoms. The van der Waals surface area contributed by atoms with E-state index in [1.54, 1.807) is 36.4 Å². The first-order valence-electron chi connectivity index (χ1n) is 14.7. The third kappa shape index (κ3) is 19.2. The number of hydrogen-bond acceptors (Lipinski definition) is 8. The van der Waals surface area contributed by atoms with Crippen molar-refractivity contribution in [3.8, 4) is 0 Å². The van der Waals surface area contributed by atoms with Gasteiger partial charge in [0, 0.05) is 34.0 Å². The van der Waals surface area contributed by atoms with E-state index in [1.807, 2.05) is 25.1 Å².